The monoisotopic (exact) mass is 241 g/mol. The molecule has 0 saturated carbocycles. The summed E-state index contributed by atoms with van der Waals surface area (Å²) in [4.78, 5) is 4.77. The highest BCUT2D eigenvalue weighted by atomic mass is 79.9. The summed E-state index contributed by atoms with van der Waals surface area (Å²) in [7, 11) is 1.56. The highest BCUT2D eigenvalue weighted by Crippen LogP contribution is 2.18. The minimum Gasteiger partial charge on any atom is -0.399 e. The van der Waals surface area contributed by atoms with Crippen molar-refractivity contribution in [2.45, 2.75) is 13.3 Å². The van der Waals surface area contributed by atoms with Crippen LogP contribution in [0.2, 0.25) is 0 Å². The normalized spacial score (nSPS) is 11.5. The Hall–Kier alpha value is -0.830. The van der Waals surface area contributed by atoms with E-state index in [9.17, 15) is 0 Å². The van der Waals surface area contributed by atoms with Crippen LogP contribution in [-0.2, 0) is 4.84 Å². The first-order chi connectivity index (χ1) is 6.29. The minimum absolute atomic E-state index is 0.858. The van der Waals surface area contributed by atoms with E-state index in [0.717, 1.165) is 22.2 Å². The molecule has 0 N–H and O–H groups in total. The highest BCUT2D eigenvalue weighted by Gasteiger charge is 2.04. The van der Waals surface area contributed by atoms with E-state index < -0.39 is 0 Å². The van der Waals surface area contributed by atoms with E-state index in [1.165, 1.54) is 0 Å². The van der Waals surface area contributed by atoms with Crippen molar-refractivity contribution in [1.82, 2.24) is 0 Å². The Morgan fingerprint density at radius 2 is 2.15 bits per heavy atom. The Morgan fingerprint density at radius 3 is 2.69 bits per heavy atom. The van der Waals surface area contributed by atoms with Crippen LogP contribution in [0.25, 0.3) is 0 Å². The molecule has 0 radical (unpaired) electrons. The van der Waals surface area contributed by atoms with E-state index in [1.54, 1.807) is 7.11 Å². The van der Waals surface area contributed by atoms with Crippen molar-refractivity contribution in [2.24, 2.45) is 5.16 Å². The van der Waals surface area contributed by atoms with Gasteiger partial charge in [0.2, 0.25) is 0 Å². The van der Waals surface area contributed by atoms with Gasteiger partial charge in [-0.1, -0.05) is 46.2 Å². The molecule has 0 aliphatic carbocycles. The third-order valence-corrected chi connectivity index (χ3v) is 2.41. The zero-order valence-electron chi connectivity index (χ0n) is 7.75. The van der Waals surface area contributed by atoms with E-state index >= 15 is 0 Å². The van der Waals surface area contributed by atoms with Gasteiger partial charge in [0.05, 0.1) is 5.71 Å². The fourth-order valence-electron chi connectivity index (χ4n) is 1.11. The van der Waals surface area contributed by atoms with Crippen molar-refractivity contribution >= 4 is 21.6 Å². The van der Waals surface area contributed by atoms with Crippen molar-refractivity contribution in [3.05, 3.63) is 34.3 Å². The van der Waals surface area contributed by atoms with Gasteiger partial charge in [-0.15, -0.1) is 0 Å². The van der Waals surface area contributed by atoms with Gasteiger partial charge in [-0.25, -0.2) is 0 Å². The molecule has 0 amide bonds. The molecule has 0 unspecified atom stereocenters. The molecule has 1 aromatic rings. The highest BCUT2D eigenvalue weighted by molar-refractivity contribution is 9.10. The molecule has 1 aromatic carbocycles. The number of rotatable bonds is 3. The Labute approximate surface area is 86.7 Å². The zero-order valence-corrected chi connectivity index (χ0v) is 9.34. The molecule has 1 rings (SSSR count). The molecule has 0 heterocycles. The van der Waals surface area contributed by atoms with Crippen LogP contribution >= 0.6 is 15.9 Å². The fraction of sp³-hybridized carbons (Fsp3) is 0.300. The van der Waals surface area contributed by atoms with Crippen LogP contribution in [0.4, 0.5) is 0 Å². The third-order valence-electron chi connectivity index (χ3n) is 1.72. The second-order valence-electron chi connectivity index (χ2n) is 2.55. The molecule has 0 atom stereocenters. The van der Waals surface area contributed by atoms with Crippen LogP contribution in [0.15, 0.2) is 33.9 Å². The first-order valence-corrected chi connectivity index (χ1v) is 4.93. The number of benzene rings is 1. The fourth-order valence-corrected chi connectivity index (χ4v) is 1.62. The molecule has 0 fully saturated rings. The minimum atomic E-state index is 0.858. The summed E-state index contributed by atoms with van der Waals surface area (Å²) in [5.74, 6) is 0. The molecule has 13 heavy (non-hydrogen) atoms. The number of nitrogens with zero attached hydrogens (tertiary/aromatic N) is 1. The molecular formula is C10H12BrNO. The summed E-state index contributed by atoms with van der Waals surface area (Å²) in [5.41, 5.74) is 2.04. The van der Waals surface area contributed by atoms with E-state index in [0.29, 0.717) is 0 Å². The lowest BCUT2D eigenvalue weighted by atomic mass is 10.1. The van der Waals surface area contributed by atoms with Crippen molar-refractivity contribution in [3.8, 4) is 0 Å². The lowest BCUT2D eigenvalue weighted by Gasteiger charge is -2.04. The molecule has 0 spiro atoms. The lowest BCUT2D eigenvalue weighted by Crippen LogP contribution is -2.00. The predicted molar refractivity (Wildman–Crippen MR) is 58.0 cm³/mol. The van der Waals surface area contributed by atoms with Crippen molar-refractivity contribution in [1.29, 1.82) is 0 Å². The maximum atomic E-state index is 4.77. The van der Waals surface area contributed by atoms with Gasteiger partial charge >= 0.3 is 0 Å². The summed E-state index contributed by atoms with van der Waals surface area (Å²) >= 11 is 3.47. The molecule has 0 bridgehead atoms. The lowest BCUT2D eigenvalue weighted by molar-refractivity contribution is 0.213. The van der Waals surface area contributed by atoms with Crippen LogP contribution in [0.3, 0.4) is 0 Å². The summed E-state index contributed by atoms with van der Waals surface area (Å²) in [6.45, 7) is 2.05. The molecule has 0 aliphatic heterocycles. The average Bonchev–Trinajstić information content (AvgIpc) is 2.16. The van der Waals surface area contributed by atoms with Crippen LogP contribution in [0.5, 0.6) is 0 Å². The summed E-state index contributed by atoms with van der Waals surface area (Å²) in [5, 5.41) is 3.96. The van der Waals surface area contributed by atoms with Crippen LogP contribution < -0.4 is 0 Å². The molecule has 0 aromatic heterocycles. The second kappa shape index (κ2) is 5.02. The maximum Gasteiger partial charge on any atom is 0.106 e. The first kappa shape index (κ1) is 10.3. The quantitative estimate of drug-likeness (QED) is 0.589. The second-order valence-corrected chi connectivity index (χ2v) is 3.41. The topological polar surface area (TPSA) is 21.6 Å². The average molecular weight is 242 g/mol. The Kier molecular flexibility index (Phi) is 3.96. The Balaban J connectivity index is 3.05. The largest absolute Gasteiger partial charge is 0.399 e. The van der Waals surface area contributed by atoms with E-state index in [-0.39, 0.29) is 0 Å². The van der Waals surface area contributed by atoms with Crippen molar-refractivity contribution in [3.63, 3.8) is 0 Å². The molecule has 0 aliphatic rings. The van der Waals surface area contributed by atoms with E-state index in [1.807, 2.05) is 24.3 Å². The van der Waals surface area contributed by atoms with Crippen LogP contribution in [-0.4, -0.2) is 12.8 Å². The van der Waals surface area contributed by atoms with Gasteiger partial charge in [-0.3, -0.25) is 0 Å². The van der Waals surface area contributed by atoms with Gasteiger partial charge in [0, 0.05) is 10.0 Å². The van der Waals surface area contributed by atoms with Gasteiger partial charge < -0.3 is 4.84 Å². The summed E-state index contributed by atoms with van der Waals surface area (Å²) in [6.07, 6.45) is 0.858. The van der Waals surface area contributed by atoms with Gasteiger partial charge in [0.1, 0.15) is 7.11 Å². The van der Waals surface area contributed by atoms with E-state index in [4.69, 9.17) is 4.84 Å². The Morgan fingerprint density at radius 1 is 1.46 bits per heavy atom. The molecule has 3 heteroatoms. The molecule has 70 valence electrons. The molecule has 2 nitrogen and oxygen atoms in total. The van der Waals surface area contributed by atoms with Crippen molar-refractivity contribution < 1.29 is 4.84 Å². The van der Waals surface area contributed by atoms with Gasteiger partial charge in [-0.05, 0) is 12.5 Å². The number of halogens is 1. The number of oxime groups is 1. The van der Waals surface area contributed by atoms with Gasteiger partial charge in [-0.2, -0.15) is 0 Å². The van der Waals surface area contributed by atoms with Crippen LogP contribution in [0.1, 0.15) is 18.9 Å². The SMILES string of the molecule is CCC(=NOC)c1ccccc1Br. The van der Waals surface area contributed by atoms with E-state index in [2.05, 4.69) is 28.0 Å². The molecular weight excluding hydrogens is 230 g/mol. The number of hydrogen-bond donors (Lipinski definition) is 0. The third kappa shape index (κ3) is 2.56. The van der Waals surface area contributed by atoms with Gasteiger partial charge in [0.15, 0.2) is 0 Å². The standard InChI is InChI=1S/C10H12BrNO/c1-3-10(12-13-2)8-6-4-5-7-9(8)11/h4-7H,3H2,1-2H3. The smallest absolute Gasteiger partial charge is 0.106 e. The van der Waals surface area contributed by atoms with Crippen molar-refractivity contribution in [2.75, 3.05) is 7.11 Å². The molecule has 0 saturated heterocycles. The zero-order chi connectivity index (χ0) is 9.68. The van der Waals surface area contributed by atoms with Gasteiger partial charge in [0.25, 0.3) is 0 Å². The Bertz CT molecular complexity index is 310. The van der Waals surface area contributed by atoms with Crippen LogP contribution in [0, 0.1) is 0 Å². The summed E-state index contributed by atoms with van der Waals surface area (Å²) < 4.78 is 1.05. The maximum absolute atomic E-state index is 4.77. The predicted octanol–water partition coefficient (Wildman–Crippen LogP) is 3.21. The first-order valence-electron chi connectivity index (χ1n) is 4.14. The summed E-state index contributed by atoms with van der Waals surface area (Å²) in [6, 6.07) is 7.98. The number of hydrogen-bond acceptors (Lipinski definition) is 2.